The van der Waals surface area contributed by atoms with Crippen LogP contribution in [-0.4, -0.2) is 28.1 Å². The summed E-state index contributed by atoms with van der Waals surface area (Å²) >= 11 is 1.67. The average molecular weight is 279 g/mol. The van der Waals surface area contributed by atoms with Gasteiger partial charge in [-0.25, -0.2) is 4.98 Å². The van der Waals surface area contributed by atoms with Crippen LogP contribution < -0.4 is 5.73 Å². The van der Waals surface area contributed by atoms with Gasteiger partial charge in [-0.3, -0.25) is 4.40 Å². The first-order chi connectivity index (χ1) is 9.24. The molecule has 0 bridgehead atoms. The van der Waals surface area contributed by atoms with E-state index in [2.05, 4.69) is 22.5 Å². The van der Waals surface area contributed by atoms with Crippen LogP contribution in [0.1, 0.15) is 31.9 Å². The normalized spacial score (nSPS) is 24.5. The maximum Gasteiger partial charge on any atom is 0.193 e. The molecule has 3 rings (SSSR count). The van der Waals surface area contributed by atoms with Gasteiger partial charge in [-0.1, -0.05) is 0 Å². The third kappa shape index (κ3) is 2.99. The second-order valence-corrected chi connectivity index (χ2v) is 6.31. The fourth-order valence-electron chi connectivity index (χ4n) is 2.89. The first kappa shape index (κ1) is 13.1. The number of ether oxygens (including phenoxy) is 1. The van der Waals surface area contributed by atoms with Crippen molar-refractivity contribution in [3.05, 3.63) is 23.5 Å². The summed E-state index contributed by atoms with van der Waals surface area (Å²) in [5.74, 6) is 0.746. The molecule has 2 heterocycles. The molecule has 2 aromatic heterocycles. The highest BCUT2D eigenvalue weighted by molar-refractivity contribution is 7.15. The zero-order valence-electron chi connectivity index (χ0n) is 11.3. The van der Waals surface area contributed by atoms with E-state index in [9.17, 15) is 0 Å². The number of imidazole rings is 1. The molecule has 4 nitrogen and oxygen atoms in total. The third-order valence-electron chi connectivity index (χ3n) is 3.85. The fourth-order valence-corrected chi connectivity index (χ4v) is 3.61. The minimum absolute atomic E-state index is 0.220. The molecule has 0 radical (unpaired) electrons. The van der Waals surface area contributed by atoms with Gasteiger partial charge in [0.15, 0.2) is 4.96 Å². The summed E-state index contributed by atoms with van der Waals surface area (Å²) in [6, 6.07) is 0.220. The van der Waals surface area contributed by atoms with E-state index in [1.54, 1.807) is 11.3 Å². The number of hydrogen-bond acceptors (Lipinski definition) is 4. The Morgan fingerprint density at radius 3 is 3.16 bits per heavy atom. The smallest absolute Gasteiger partial charge is 0.193 e. The number of nitrogens with zero attached hydrogens (tertiary/aromatic N) is 2. The van der Waals surface area contributed by atoms with Crippen LogP contribution in [0.2, 0.25) is 0 Å². The number of nitrogens with two attached hydrogens (primary N) is 1. The van der Waals surface area contributed by atoms with Gasteiger partial charge in [0.25, 0.3) is 0 Å². The van der Waals surface area contributed by atoms with Crippen molar-refractivity contribution >= 4 is 16.3 Å². The Hall–Kier alpha value is -0.910. The number of aromatic nitrogens is 2. The third-order valence-corrected chi connectivity index (χ3v) is 4.62. The van der Waals surface area contributed by atoms with Crippen molar-refractivity contribution in [2.24, 2.45) is 11.7 Å². The molecule has 1 unspecified atom stereocenters. The molecular weight excluding hydrogens is 258 g/mol. The van der Waals surface area contributed by atoms with Gasteiger partial charge in [0.2, 0.25) is 0 Å². The van der Waals surface area contributed by atoms with E-state index in [0.717, 1.165) is 36.0 Å². The van der Waals surface area contributed by atoms with E-state index >= 15 is 0 Å². The second kappa shape index (κ2) is 5.61. The molecule has 0 aromatic carbocycles. The molecule has 1 aliphatic rings. The molecule has 1 atom stereocenters. The number of thiazole rings is 1. The van der Waals surface area contributed by atoms with Crippen molar-refractivity contribution in [2.45, 2.75) is 44.8 Å². The molecule has 5 heteroatoms. The highest BCUT2D eigenvalue weighted by Crippen LogP contribution is 2.33. The van der Waals surface area contributed by atoms with Gasteiger partial charge in [-0.15, -0.1) is 11.3 Å². The fraction of sp³-hybridized carbons (Fsp3) is 0.643. The maximum absolute atomic E-state index is 6.24. The standard InChI is InChI=1S/C14H21N3OS/c1-2-18-13-6-10(7-13)5-11(15)8-12-9-17-3-4-19-14(17)16-12/h3-4,9-11,13H,2,5-8,15H2,1H3. The lowest BCUT2D eigenvalue weighted by atomic mass is 9.78. The molecule has 104 valence electrons. The Morgan fingerprint density at radius 1 is 1.58 bits per heavy atom. The quantitative estimate of drug-likeness (QED) is 0.884. The van der Waals surface area contributed by atoms with Crippen molar-refractivity contribution in [3.63, 3.8) is 0 Å². The monoisotopic (exact) mass is 279 g/mol. The molecule has 2 N–H and O–H groups in total. The highest BCUT2D eigenvalue weighted by atomic mass is 32.1. The summed E-state index contributed by atoms with van der Waals surface area (Å²) < 4.78 is 7.65. The number of hydrogen-bond donors (Lipinski definition) is 1. The lowest BCUT2D eigenvalue weighted by molar-refractivity contribution is -0.0281. The molecule has 0 aliphatic heterocycles. The van der Waals surface area contributed by atoms with Gasteiger partial charge in [0, 0.05) is 36.8 Å². The van der Waals surface area contributed by atoms with E-state index in [1.165, 1.54) is 12.8 Å². The molecule has 1 saturated carbocycles. The van der Waals surface area contributed by atoms with Crippen LogP contribution in [0.5, 0.6) is 0 Å². The van der Waals surface area contributed by atoms with Crippen LogP contribution in [0.15, 0.2) is 17.8 Å². The van der Waals surface area contributed by atoms with Crippen LogP contribution >= 0.6 is 11.3 Å². The summed E-state index contributed by atoms with van der Waals surface area (Å²) in [5, 5.41) is 2.05. The predicted octanol–water partition coefficient (Wildman–Crippen LogP) is 2.47. The van der Waals surface area contributed by atoms with E-state index in [-0.39, 0.29) is 6.04 Å². The molecule has 0 amide bonds. The molecule has 0 spiro atoms. The highest BCUT2D eigenvalue weighted by Gasteiger charge is 2.30. The first-order valence-corrected chi connectivity index (χ1v) is 7.90. The minimum Gasteiger partial charge on any atom is -0.378 e. The van der Waals surface area contributed by atoms with Crippen molar-refractivity contribution in [3.8, 4) is 0 Å². The minimum atomic E-state index is 0.220. The van der Waals surface area contributed by atoms with Gasteiger partial charge in [-0.2, -0.15) is 0 Å². The molecule has 1 aliphatic carbocycles. The van der Waals surface area contributed by atoms with Crippen LogP contribution in [0, 0.1) is 5.92 Å². The van der Waals surface area contributed by atoms with Crippen LogP contribution in [0.4, 0.5) is 0 Å². The van der Waals surface area contributed by atoms with Gasteiger partial charge in [0.05, 0.1) is 11.8 Å². The summed E-state index contributed by atoms with van der Waals surface area (Å²) in [5.41, 5.74) is 7.35. The Labute approximate surface area is 117 Å². The van der Waals surface area contributed by atoms with Crippen LogP contribution in [0.25, 0.3) is 4.96 Å². The lowest BCUT2D eigenvalue weighted by Gasteiger charge is -2.36. The molecular formula is C14H21N3OS. The largest absolute Gasteiger partial charge is 0.378 e. The summed E-state index contributed by atoms with van der Waals surface area (Å²) in [6.07, 6.45) is 8.95. The zero-order valence-corrected chi connectivity index (χ0v) is 12.1. The summed E-state index contributed by atoms with van der Waals surface area (Å²) in [7, 11) is 0. The lowest BCUT2D eigenvalue weighted by Crippen LogP contribution is -2.36. The molecule has 19 heavy (non-hydrogen) atoms. The summed E-state index contributed by atoms with van der Waals surface area (Å²) in [4.78, 5) is 5.64. The zero-order chi connectivity index (χ0) is 13.2. The SMILES string of the molecule is CCOC1CC(CC(N)Cc2cn3ccsc3n2)C1. The second-order valence-electron chi connectivity index (χ2n) is 5.44. The topological polar surface area (TPSA) is 52.5 Å². The van der Waals surface area contributed by atoms with Crippen molar-refractivity contribution in [1.29, 1.82) is 0 Å². The van der Waals surface area contributed by atoms with Gasteiger partial charge in [0.1, 0.15) is 0 Å². The Bertz CT molecular complexity index is 501. The Morgan fingerprint density at radius 2 is 2.42 bits per heavy atom. The van der Waals surface area contributed by atoms with E-state index in [1.807, 2.05) is 11.6 Å². The maximum atomic E-state index is 6.24. The van der Waals surface area contributed by atoms with E-state index < -0.39 is 0 Å². The van der Waals surface area contributed by atoms with Gasteiger partial charge >= 0.3 is 0 Å². The van der Waals surface area contributed by atoms with Crippen molar-refractivity contribution in [1.82, 2.24) is 9.38 Å². The molecule has 0 saturated heterocycles. The van der Waals surface area contributed by atoms with E-state index in [0.29, 0.717) is 6.10 Å². The van der Waals surface area contributed by atoms with Gasteiger partial charge < -0.3 is 10.5 Å². The first-order valence-electron chi connectivity index (χ1n) is 7.03. The molecule has 2 aromatic rings. The predicted molar refractivity (Wildman–Crippen MR) is 77.5 cm³/mol. The van der Waals surface area contributed by atoms with Crippen molar-refractivity contribution in [2.75, 3.05) is 6.61 Å². The van der Waals surface area contributed by atoms with Crippen molar-refractivity contribution < 1.29 is 4.74 Å². The van der Waals surface area contributed by atoms with Crippen LogP contribution in [0.3, 0.4) is 0 Å². The number of fused-ring (bicyclic) bond motifs is 1. The summed E-state index contributed by atoms with van der Waals surface area (Å²) in [6.45, 7) is 2.89. The molecule has 1 fully saturated rings. The van der Waals surface area contributed by atoms with E-state index in [4.69, 9.17) is 10.5 Å². The van der Waals surface area contributed by atoms with Crippen LogP contribution in [-0.2, 0) is 11.2 Å². The average Bonchev–Trinajstić information content (AvgIpc) is 2.86. The Balaban J connectivity index is 1.46. The van der Waals surface area contributed by atoms with Gasteiger partial charge in [-0.05, 0) is 32.1 Å². The Kier molecular flexibility index (Phi) is 3.86. The number of rotatable bonds is 6.